The number of imide groups is 1. The zero-order valence-corrected chi connectivity index (χ0v) is 18.7. The molecule has 1 aliphatic heterocycles. The minimum Gasteiger partial charge on any atom is -0.494 e. The molecule has 0 aliphatic carbocycles. The summed E-state index contributed by atoms with van der Waals surface area (Å²) in [6, 6.07) is 18.4. The summed E-state index contributed by atoms with van der Waals surface area (Å²) in [6.45, 7) is 2.33. The molecule has 4 rings (SSSR count). The van der Waals surface area contributed by atoms with Gasteiger partial charge in [-0.05, 0) is 61.5 Å². The van der Waals surface area contributed by atoms with E-state index in [1.165, 1.54) is 30.3 Å². The third kappa shape index (κ3) is 4.62. The first-order valence-corrected chi connectivity index (χ1v) is 10.7. The summed E-state index contributed by atoms with van der Waals surface area (Å²) in [4.78, 5) is 39.2. The number of anilines is 3. The van der Waals surface area contributed by atoms with Crippen LogP contribution in [0, 0.1) is 5.82 Å². The van der Waals surface area contributed by atoms with E-state index >= 15 is 0 Å². The summed E-state index contributed by atoms with van der Waals surface area (Å²) in [5.41, 5.74) is 0.826. The predicted molar refractivity (Wildman–Crippen MR) is 127 cm³/mol. The number of amides is 3. The molecule has 1 aliphatic rings. The summed E-state index contributed by atoms with van der Waals surface area (Å²) in [6.07, 6.45) is 0. The van der Waals surface area contributed by atoms with Crippen LogP contribution in [0.1, 0.15) is 17.3 Å². The van der Waals surface area contributed by atoms with E-state index < -0.39 is 23.5 Å². The highest BCUT2D eigenvalue weighted by molar-refractivity contribution is 6.53. The fourth-order valence-corrected chi connectivity index (χ4v) is 3.56. The number of ether oxygens (including phenoxy) is 1. The van der Waals surface area contributed by atoms with Gasteiger partial charge < -0.3 is 15.4 Å². The molecule has 9 heteroatoms. The molecule has 3 amide bonds. The molecule has 0 atom stereocenters. The predicted octanol–water partition coefficient (Wildman–Crippen LogP) is 4.91. The quantitative estimate of drug-likeness (QED) is 0.470. The van der Waals surface area contributed by atoms with Gasteiger partial charge in [-0.1, -0.05) is 29.8 Å². The lowest BCUT2D eigenvalue weighted by atomic mass is 10.1. The number of carbonyl (C=O) groups excluding carboxylic acids is 3. The Morgan fingerprint density at radius 2 is 1.74 bits per heavy atom. The molecule has 1 heterocycles. The SMILES string of the molecule is CCOc1ccc(N2C(=O)C(Cl)=C(Nc3cccc(C(=O)Nc4ccccc4F)c3)C2=O)cc1. The van der Waals surface area contributed by atoms with Gasteiger partial charge in [0.25, 0.3) is 17.7 Å². The van der Waals surface area contributed by atoms with Crippen LogP contribution < -0.4 is 20.3 Å². The number of halogens is 2. The molecule has 0 bridgehead atoms. The van der Waals surface area contributed by atoms with Crippen molar-refractivity contribution in [3.63, 3.8) is 0 Å². The van der Waals surface area contributed by atoms with E-state index in [1.54, 1.807) is 42.5 Å². The Hall–Kier alpha value is -4.17. The number of para-hydroxylation sites is 1. The summed E-state index contributed by atoms with van der Waals surface area (Å²) in [5.74, 6) is -1.81. The van der Waals surface area contributed by atoms with E-state index in [-0.39, 0.29) is 22.0 Å². The maximum Gasteiger partial charge on any atom is 0.283 e. The van der Waals surface area contributed by atoms with Gasteiger partial charge in [0.1, 0.15) is 22.3 Å². The smallest absolute Gasteiger partial charge is 0.283 e. The standard InChI is InChI=1S/C25H19ClFN3O4/c1-2-34-18-12-10-17(11-13-18)30-24(32)21(26)22(25(30)33)28-16-7-5-6-15(14-16)23(31)29-20-9-4-3-8-19(20)27/h3-14,28H,2H2,1H3,(H,29,31). The molecule has 0 fully saturated rings. The summed E-state index contributed by atoms with van der Waals surface area (Å²) in [5, 5.41) is 5.05. The van der Waals surface area contributed by atoms with Crippen LogP contribution in [0.25, 0.3) is 0 Å². The third-order valence-corrected chi connectivity index (χ3v) is 5.30. The maximum atomic E-state index is 13.8. The van der Waals surface area contributed by atoms with Crippen LogP contribution in [-0.2, 0) is 9.59 Å². The molecule has 3 aromatic rings. The number of benzene rings is 3. The van der Waals surface area contributed by atoms with Gasteiger partial charge in [0.2, 0.25) is 0 Å². The van der Waals surface area contributed by atoms with E-state index in [0.29, 0.717) is 23.7 Å². The molecule has 3 aromatic carbocycles. The Kier molecular flexibility index (Phi) is 6.60. The average molecular weight is 480 g/mol. The van der Waals surface area contributed by atoms with Crippen molar-refractivity contribution in [1.82, 2.24) is 0 Å². The fraction of sp³-hybridized carbons (Fsp3) is 0.0800. The topological polar surface area (TPSA) is 87.7 Å². The largest absolute Gasteiger partial charge is 0.494 e. The van der Waals surface area contributed by atoms with Crippen molar-refractivity contribution in [3.05, 3.63) is 94.9 Å². The highest BCUT2D eigenvalue weighted by Crippen LogP contribution is 2.31. The molecule has 0 radical (unpaired) electrons. The Morgan fingerprint density at radius 1 is 1.00 bits per heavy atom. The molecular weight excluding hydrogens is 461 g/mol. The Labute approximate surface area is 199 Å². The molecule has 0 spiro atoms. The number of carbonyl (C=O) groups is 3. The van der Waals surface area contributed by atoms with Crippen LogP contribution in [0.2, 0.25) is 0 Å². The molecule has 0 unspecified atom stereocenters. The molecule has 0 aromatic heterocycles. The van der Waals surface area contributed by atoms with Gasteiger partial charge in [-0.15, -0.1) is 0 Å². The summed E-state index contributed by atoms with van der Waals surface area (Å²) >= 11 is 6.19. The van der Waals surface area contributed by atoms with Gasteiger partial charge in [0.05, 0.1) is 18.0 Å². The maximum absolute atomic E-state index is 13.8. The van der Waals surface area contributed by atoms with Crippen molar-refractivity contribution in [1.29, 1.82) is 0 Å². The van der Waals surface area contributed by atoms with Crippen molar-refractivity contribution >= 4 is 46.4 Å². The number of nitrogens with zero attached hydrogens (tertiary/aromatic N) is 1. The first kappa shape index (κ1) is 23.0. The van der Waals surface area contributed by atoms with Gasteiger partial charge >= 0.3 is 0 Å². The fourth-order valence-electron chi connectivity index (χ4n) is 3.34. The van der Waals surface area contributed by atoms with Gasteiger partial charge in [-0.3, -0.25) is 14.4 Å². The van der Waals surface area contributed by atoms with Crippen LogP contribution in [0.15, 0.2) is 83.5 Å². The Morgan fingerprint density at radius 3 is 2.44 bits per heavy atom. The molecule has 34 heavy (non-hydrogen) atoms. The van der Waals surface area contributed by atoms with Crippen LogP contribution in [0.5, 0.6) is 5.75 Å². The monoisotopic (exact) mass is 479 g/mol. The van der Waals surface area contributed by atoms with Crippen LogP contribution in [-0.4, -0.2) is 24.3 Å². The third-order valence-electron chi connectivity index (χ3n) is 4.95. The molecule has 0 saturated heterocycles. The van der Waals surface area contributed by atoms with Crippen molar-refractivity contribution < 1.29 is 23.5 Å². The van der Waals surface area contributed by atoms with Gasteiger partial charge in [0.15, 0.2) is 0 Å². The average Bonchev–Trinajstić information content (AvgIpc) is 3.04. The number of hydrogen-bond donors (Lipinski definition) is 2. The second-order valence-corrected chi connectivity index (χ2v) is 7.58. The minimum absolute atomic E-state index is 0.0409. The number of nitrogens with one attached hydrogen (secondary N) is 2. The molecule has 172 valence electrons. The van der Waals surface area contributed by atoms with Crippen molar-refractivity contribution in [2.45, 2.75) is 6.92 Å². The molecule has 0 saturated carbocycles. The van der Waals surface area contributed by atoms with E-state index in [9.17, 15) is 18.8 Å². The Balaban J connectivity index is 1.52. The highest BCUT2D eigenvalue weighted by Gasteiger charge is 2.39. The molecular formula is C25H19ClFN3O4. The van der Waals surface area contributed by atoms with Gasteiger partial charge in [0, 0.05) is 11.3 Å². The lowest BCUT2D eigenvalue weighted by Crippen LogP contribution is -2.32. The normalized spacial score (nSPS) is 13.3. The van der Waals surface area contributed by atoms with Gasteiger partial charge in [-0.25, -0.2) is 9.29 Å². The molecule has 7 nitrogen and oxygen atoms in total. The number of hydrogen-bond acceptors (Lipinski definition) is 5. The lowest BCUT2D eigenvalue weighted by molar-refractivity contribution is -0.120. The van der Waals surface area contributed by atoms with Gasteiger partial charge in [-0.2, -0.15) is 0 Å². The highest BCUT2D eigenvalue weighted by atomic mass is 35.5. The van der Waals surface area contributed by atoms with Crippen LogP contribution in [0.3, 0.4) is 0 Å². The minimum atomic E-state index is -0.674. The van der Waals surface area contributed by atoms with Crippen molar-refractivity contribution in [3.8, 4) is 5.75 Å². The number of rotatable bonds is 7. The van der Waals surface area contributed by atoms with Crippen molar-refractivity contribution in [2.75, 3.05) is 22.1 Å². The van der Waals surface area contributed by atoms with E-state index in [1.807, 2.05) is 6.92 Å². The summed E-state index contributed by atoms with van der Waals surface area (Å²) < 4.78 is 19.2. The first-order valence-electron chi connectivity index (χ1n) is 10.3. The van der Waals surface area contributed by atoms with Crippen molar-refractivity contribution in [2.24, 2.45) is 0 Å². The lowest BCUT2D eigenvalue weighted by Gasteiger charge is -2.16. The second-order valence-electron chi connectivity index (χ2n) is 7.20. The Bertz CT molecular complexity index is 1310. The van der Waals surface area contributed by atoms with Crippen LogP contribution in [0.4, 0.5) is 21.5 Å². The van der Waals surface area contributed by atoms with E-state index in [4.69, 9.17) is 16.3 Å². The van der Waals surface area contributed by atoms with Crippen LogP contribution >= 0.6 is 11.6 Å². The van der Waals surface area contributed by atoms with E-state index in [0.717, 1.165) is 4.90 Å². The zero-order chi connectivity index (χ0) is 24.2. The second kappa shape index (κ2) is 9.76. The van der Waals surface area contributed by atoms with E-state index in [2.05, 4.69) is 10.6 Å². The molecule has 2 N–H and O–H groups in total. The zero-order valence-electron chi connectivity index (χ0n) is 18.0. The summed E-state index contributed by atoms with van der Waals surface area (Å²) in [7, 11) is 0. The first-order chi connectivity index (χ1) is 16.4.